The van der Waals surface area contributed by atoms with Crippen LogP contribution in [0.1, 0.15) is 18.7 Å². The molecule has 1 fully saturated rings. The van der Waals surface area contributed by atoms with Gasteiger partial charge in [-0.05, 0) is 37.6 Å². The maximum atomic E-state index is 4.81. The van der Waals surface area contributed by atoms with Crippen molar-refractivity contribution in [3.8, 4) is 0 Å². The van der Waals surface area contributed by atoms with Crippen LogP contribution in [0.15, 0.2) is 22.7 Å². The molecule has 94 valence electrons. The first-order valence-corrected chi connectivity index (χ1v) is 7.49. The summed E-state index contributed by atoms with van der Waals surface area (Å²) in [5.74, 6) is 1.26. The van der Waals surface area contributed by atoms with Crippen molar-refractivity contribution in [3.63, 3.8) is 0 Å². The van der Waals surface area contributed by atoms with E-state index in [2.05, 4.69) is 43.6 Å². The van der Waals surface area contributed by atoms with Gasteiger partial charge in [0.15, 0.2) is 0 Å². The fraction of sp³-hybridized carbons (Fsp3) is 0.500. The van der Waals surface area contributed by atoms with E-state index in [9.17, 15) is 0 Å². The third-order valence-corrected chi connectivity index (χ3v) is 4.80. The molecule has 2 aliphatic heterocycles. The summed E-state index contributed by atoms with van der Waals surface area (Å²) in [6.07, 6.45) is 3.79. The van der Waals surface area contributed by atoms with Crippen molar-refractivity contribution in [2.24, 2.45) is 0 Å². The predicted molar refractivity (Wildman–Crippen MR) is 75.7 cm³/mol. The Balaban J connectivity index is 1.84. The van der Waals surface area contributed by atoms with Gasteiger partial charge >= 0.3 is 0 Å². The van der Waals surface area contributed by atoms with Crippen LogP contribution in [0.25, 0.3) is 11.0 Å². The summed E-state index contributed by atoms with van der Waals surface area (Å²) in [4.78, 5) is 7.45. The van der Waals surface area contributed by atoms with Gasteiger partial charge in [-0.2, -0.15) is 0 Å². The van der Waals surface area contributed by atoms with E-state index in [1.807, 2.05) is 0 Å². The molecule has 1 aromatic carbocycles. The first-order chi connectivity index (χ1) is 8.81. The molecule has 0 radical (unpaired) electrons. The molecule has 4 rings (SSSR count). The quantitative estimate of drug-likeness (QED) is 0.746. The predicted octanol–water partition coefficient (Wildman–Crippen LogP) is 2.82. The first kappa shape index (κ1) is 11.0. The summed E-state index contributed by atoms with van der Waals surface area (Å²) in [5, 5.41) is 0. The number of aromatic nitrogens is 2. The smallest absolute Gasteiger partial charge is 0.111 e. The zero-order chi connectivity index (χ0) is 12.1. The highest BCUT2D eigenvalue weighted by molar-refractivity contribution is 9.10. The maximum absolute atomic E-state index is 4.81. The average Bonchev–Trinajstić information content (AvgIpc) is 2.89. The monoisotopic (exact) mass is 305 g/mol. The number of imidazole rings is 1. The van der Waals surface area contributed by atoms with E-state index in [0.717, 1.165) is 29.0 Å². The second kappa shape index (κ2) is 4.07. The number of fused-ring (bicyclic) bond motifs is 4. The Morgan fingerprint density at radius 1 is 1.28 bits per heavy atom. The molecule has 4 heteroatoms. The Bertz CT molecular complexity index is 604. The molecule has 2 aliphatic rings. The van der Waals surface area contributed by atoms with Crippen molar-refractivity contribution in [1.29, 1.82) is 0 Å². The van der Waals surface area contributed by atoms with E-state index in [-0.39, 0.29) is 0 Å². The molecule has 2 aromatic rings. The van der Waals surface area contributed by atoms with Crippen LogP contribution in [0.5, 0.6) is 0 Å². The Morgan fingerprint density at radius 2 is 2.22 bits per heavy atom. The van der Waals surface area contributed by atoms with E-state index >= 15 is 0 Å². The van der Waals surface area contributed by atoms with Gasteiger partial charge in [0.2, 0.25) is 0 Å². The van der Waals surface area contributed by atoms with Gasteiger partial charge in [0.25, 0.3) is 0 Å². The van der Waals surface area contributed by atoms with Crippen LogP contribution in [0, 0.1) is 0 Å². The minimum absolute atomic E-state index is 0.729. The summed E-state index contributed by atoms with van der Waals surface area (Å²) in [6.45, 7) is 3.57. The Morgan fingerprint density at radius 3 is 3.17 bits per heavy atom. The standard InChI is InChI=1S/C14H16BrN3/c15-10-3-4-13-12(8-10)16-14-5-7-17-6-1-2-11(17)9-18(13)14/h3-4,8,11H,1-2,5-7,9H2/t11-/m1/s1. The Labute approximate surface area is 115 Å². The Kier molecular flexibility index (Phi) is 2.49. The van der Waals surface area contributed by atoms with Gasteiger partial charge in [0.1, 0.15) is 5.82 Å². The SMILES string of the molecule is Brc1ccc2c(c1)nc1n2C[C@H]2CCCN2CC1. The summed E-state index contributed by atoms with van der Waals surface area (Å²) in [7, 11) is 0. The minimum atomic E-state index is 0.729. The van der Waals surface area contributed by atoms with E-state index in [4.69, 9.17) is 4.98 Å². The normalized spacial score (nSPS) is 23.9. The van der Waals surface area contributed by atoms with E-state index < -0.39 is 0 Å². The summed E-state index contributed by atoms with van der Waals surface area (Å²) in [6, 6.07) is 7.17. The number of halogens is 1. The van der Waals surface area contributed by atoms with Crippen molar-refractivity contribution in [1.82, 2.24) is 14.5 Å². The van der Waals surface area contributed by atoms with Gasteiger partial charge in [-0.1, -0.05) is 15.9 Å². The highest BCUT2D eigenvalue weighted by Gasteiger charge is 2.29. The number of rotatable bonds is 0. The van der Waals surface area contributed by atoms with Crippen LogP contribution in [-0.4, -0.2) is 33.6 Å². The van der Waals surface area contributed by atoms with Crippen molar-refractivity contribution in [2.45, 2.75) is 31.8 Å². The van der Waals surface area contributed by atoms with Crippen molar-refractivity contribution >= 4 is 27.0 Å². The van der Waals surface area contributed by atoms with Gasteiger partial charge in [-0.15, -0.1) is 0 Å². The molecule has 0 saturated carbocycles. The van der Waals surface area contributed by atoms with Gasteiger partial charge < -0.3 is 4.57 Å². The second-order valence-electron chi connectivity index (χ2n) is 5.35. The molecular weight excluding hydrogens is 290 g/mol. The van der Waals surface area contributed by atoms with Gasteiger partial charge in [-0.25, -0.2) is 4.98 Å². The number of nitrogens with zero attached hydrogens (tertiary/aromatic N) is 3. The van der Waals surface area contributed by atoms with Crippen LogP contribution in [-0.2, 0) is 13.0 Å². The molecule has 0 N–H and O–H groups in total. The van der Waals surface area contributed by atoms with Crippen LogP contribution >= 0.6 is 15.9 Å². The highest BCUT2D eigenvalue weighted by atomic mass is 79.9. The zero-order valence-electron chi connectivity index (χ0n) is 10.3. The lowest BCUT2D eigenvalue weighted by atomic mass is 10.2. The molecule has 0 bridgehead atoms. The molecule has 0 spiro atoms. The number of hydrogen-bond acceptors (Lipinski definition) is 2. The fourth-order valence-corrected chi connectivity index (χ4v) is 3.75. The molecule has 1 atom stereocenters. The molecule has 0 unspecified atom stereocenters. The van der Waals surface area contributed by atoms with E-state index in [1.54, 1.807) is 0 Å². The molecule has 1 aromatic heterocycles. The van der Waals surface area contributed by atoms with Crippen molar-refractivity contribution in [3.05, 3.63) is 28.5 Å². The number of hydrogen-bond donors (Lipinski definition) is 0. The Hall–Kier alpha value is -0.870. The molecule has 0 amide bonds. The molecule has 18 heavy (non-hydrogen) atoms. The molecule has 3 nitrogen and oxygen atoms in total. The maximum Gasteiger partial charge on any atom is 0.111 e. The van der Waals surface area contributed by atoms with Gasteiger partial charge in [0, 0.05) is 30.0 Å². The first-order valence-electron chi connectivity index (χ1n) is 6.70. The highest BCUT2D eigenvalue weighted by Crippen LogP contribution is 2.27. The largest absolute Gasteiger partial charge is 0.326 e. The number of benzene rings is 1. The summed E-state index contributed by atoms with van der Waals surface area (Å²) >= 11 is 3.53. The zero-order valence-corrected chi connectivity index (χ0v) is 11.9. The third-order valence-electron chi connectivity index (χ3n) is 4.30. The van der Waals surface area contributed by atoms with Crippen LogP contribution in [0.4, 0.5) is 0 Å². The average molecular weight is 306 g/mol. The van der Waals surface area contributed by atoms with Crippen LogP contribution in [0.2, 0.25) is 0 Å². The van der Waals surface area contributed by atoms with Crippen molar-refractivity contribution < 1.29 is 0 Å². The lowest BCUT2D eigenvalue weighted by Crippen LogP contribution is -2.31. The van der Waals surface area contributed by atoms with E-state index in [0.29, 0.717) is 0 Å². The topological polar surface area (TPSA) is 21.1 Å². The second-order valence-corrected chi connectivity index (χ2v) is 6.27. The molecule has 0 aliphatic carbocycles. The van der Waals surface area contributed by atoms with Crippen LogP contribution in [0.3, 0.4) is 0 Å². The van der Waals surface area contributed by atoms with Gasteiger partial charge in [-0.3, -0.25) is 4.90 Å². The van der Waals surface area contributed by atoms with E-state index in [1.165, 1.54) is 37.3 Å². The lowest BCUT2D eigenvalue weighted by molar-refractivity contribution is 0.252. The fourth-order valence-electron chi connectivity index (χ4n) is 3.40. The molecular formula is C14H16BrN3. The summed E-state index contributed by atoms with van der Waals surface area (Å²) in [5.41, 5.74) is 2.42. The minimum Gasteiger partial charge on any atom is -0.326 e. The third kappa shape index (κ3) is 1.62. The van der Waals surface area contributed by atoms with Gasteiger partial charge in [0.05, 0.1) is 11.0 Å². The van der Waals surface area contributed by atoms with Crippen molar-refractivity contribution in [2.75, 3.05) is 13.1 Å². The molecule has 3 heterocycles. The lowest BCUT2D eigenvalue weighted by Gasteiger charge is -2.21. The summed E-state index contributed by atoms with van der Waals surface area (Å²) < 4.78 is 3.56. The van der Waals surface area contributed by atoms with Crippen LogP contribution < -0.4 is 0 Å². The molecule has 1 saturated heterocycles.